The van der Waals surface area contributed by atoms with Crippen LogP contribution in [-0.2, 0) is 4.79 Å². The topological polar surface area (TPSA) is 113 Å². The van der Waals surface area contributed by atoms with Crippen molar-refractivity contribution in [1.29, 1.82) is 5.41 Å². The lowest BCUT2D eigenvalue weighted by Crippen LogP contribution is -2.11. The molecule has 0 saturated heterocycles. The SMILES string of the molecule is CC(=Cc1ccc(C(=O)Oc2ccc(C(=N)N)cc2)cc1)C(=O)O. The number of nitrogens with two attached hydrogens (primary N) is 1. The molecular weight excluding hydrogens is 308 g/mol. The third-order valence-electron chi connectivity index (χ3n) is 3.24. The standard InChI is InChI=1S/C18H16N2O4/c1-11(17(21)22)10-12-2-4-14(5-3-12)18(23)24-15-8-6-13(7-9-15)16(19)20/h2-10H,1H3,(H3,19,20)(H,21,22). The maximum absolute atomic E-state index is 12.1. The van der Waals surface area contributed by atoms with Gasteiger partial charge in [0.1, 0.15) is 11.6 Å². The summed E-state index contributed by atoms with van der Waals surface area (Å²) in [7, 11) is 0. The van der Waals surface area contributed by atoms with E-state index in [1.807, 2.05) is 0 Å². The fourth-order valence-corrected chi connectivity index (χ4v) is 1.90. The highest BCUT2D eigenvalue weighted by Gasteiger charge is 2.09. The molecule has 0 heterocycles. The van der Waals surface area contributed by atoms with Gasteiger partial charge in [0, 0.05) is 11.1 Å². The van der Waals surface area contributed by atoms with Gasteiger partial charge in [-0.05, 0) is 55.0 Å². The summed E-state index contributed by atoms with van der Waals surface area (Å²) in [6, 6.07) is 12.7. The van der Waals surface area contributed by atoms with E-state index in [9.17, 15) is 9.59 Å². The highest BCUT2D eigenvalue weighted by molar-refractivity contribution is 5.95. The summed E-state index contributed by atoms with van der Waals surface area (Å²) >= 11 is 0. The summed E-state index contributed by atoms with van der Waals surface area (Å²) in [5, 5.41) is 16.1. The molecular formula is C18H16N2O4. The number of carbonyl (C=O) groups excluding carboxylic acids is 1. The van der Waals surface area contributed by atoms with Crippen molar-refractivity contribution >= 4 is 23.9 Å². The summed E-state index contributed by atoms with van der Waals surface area (Å²) < 4.78 is 5.23. The number of ether oxygens (including phenoxy) is 1. The first-order valence-corrected chi connectivity index (χ1v) is 7.05. The molecule has 0 aromatic heterocycles. The van der Waals surface area contributed by atoms with E-state index in [1.54, 1.807) is 48.5 Å². The number of hydrogen-bond acceptors (Lipinski definition) is 4. The Morgan fingerprint density at radius 2 is 1.58 bits per heavy atom. The van der Waals surface area contributed by atoms with Crippen molar-refractivity contribution in [2.75, 3.05) is 0 Å². The number of esters is 1. The van der Waals surface area contributed by atoms with Gasteiger partial charge in [0.2, 0.25) is 0 Å². The molecule has 0 amide bonds. The Morgan fingerprint density at radius 3 is 2.08 bits per heavy atom. The van der Waals surface area contributed by atoms with Gasteiger partial charge in [-0.2, -0.15) is 0 Å². The summed E-state index contributed by atoms with van der Waals surface area (Å²) in [5.74, 6) is -1.24. The Hall–Kier alpha value is -3.41. The Kier molecular flexibility index (Phi) is 5.11. The van der Waals surface area contributed by atoms with E-state index in [2.05, 4.69) is 0 Å². The summed E-state index contributed by atoms with van der Waals surface area (Å²) in [6.45, 7) is 1.50. The fourth-order valence-electron chi connectivity index (χ4n) is 1.90. The number of nitrogen functional groups attached to an aromatic ring is 1. The maximum atomic E-state index is 12.1. The van der Waals surface area contributed by atoms with Crippen molar-refractivity contribution in [3.8, 4) is 5.75 Å². The number of carbonyl (C=O) groups is 2. The van der Waals surface area contributed by atoms with Gasteiger partial charge in [-0.1, -0.05) is 12.1 Å². The van der Waals surface area contributed by atoms with E-state index in [-0.39, 0.29) is 11.4 Å². The third-order valence-corrected chi connectivity index (χ3v) is 3.24. The summed E-state index contributed by atoms with van der Waals surface area (Å²) in [5.41, 5.74) is 7.12. The first-order chi connectivity index (χ1) is 11.4. The molecule has 6 heteroatoms. The molecule has 2 aromatic rings. The molecule has 6 nitrogen and oxygen atoms in total. The van der Waals surface area contributed by atoms with Crippen LogP contribution in [0.2, 0.25) is 0 Å². The number of carboxylic acids is 1. The minimum atomic E-state index is -0.993. The van der Waals surface area contributed by atoms with E-state index < -0.39 is 11.9 Å². The third kappa shape index (κ3) is 4.30. The monoisotopic (exact) mass is 324 g/mol. The van der Waals surface area contributed by atoms with Crippen LogP contribution >= 0.6 is 0 Å². The number of carboxylic acid groups (broad SMARTS) is 1. The van der Waals surface area contributed by atoms with Crippen molar-refractivity contribution in [2.45, 2.75) is 6.92 Å². The molecule has 2 rings (SSSR count). The molecule has 0 radical (unpaired) electrons. The molecule has 2 aromatic carbocycles. The Balaban J connectivity index is 2.08. The van der Waals surface area contributed by atoms with Gasteiger partial charge in [0.15, 0.2) is 0 Å². The van der Waals surface area contributed by atoms with Gasteiger partial charge in [-0.15, -0.1) is 0 Å². The molecule has 0 fully saturated rings. The van der Waals surface area contributed by atoms with Crippen LogP contribution in [0.3, 0.4) is 0 Å². The smallest absolute Gasteiger partial charge is 0.343 e. The van der Waals surface area contributed by atoms with Crippen LogP contribution in [-0.4, -0.2) is 22.9 Å². The lowest BCUT2D eigenvalue weighted by molar-refractivity contribution is -0.132. The highest BCUT2D eigenvalue weighted by atomic mass is 16.5. The molecule has 0 spiro atoms. The molecule has 0 unspecified atom stereocenters. The van der Waals surface area contributed by atoms with Crippen molar-refractivity contribution < 1.29 is 19.4 Å². The molecule has 0 saturated carbocycles. The summed E-state index contributed by atoms with van der Waals surface area (Å²) in [4.78, 5) is 22.9. The lowest BCUT2D eigenvalue weighted by Gasteiger charge is -2.06. The maximum Gasteiger partial charge on any atom is 0.343 e. The van der Waals surface area contributed by atoms with Crippen LogP contribution in [0.4, 0.5) is 0 Å². The van der Waals surface area contributed by atoms with Crippen molar-refractivity contribution in [3.05, 3.63) is 70.8 Å². The average molecular weight is 324 g/mol. The molecule has 0 bridgehead atoms. The Labute approximate surface area is 138 Å². The second kappa shape index (κ2) is 7.23. The zero-order valence-electron chi connectivity index (χ0n) is 12.9. The molecule has 122 valence electrons. The predicted molar refractivity (Wildman–Crippen MR) is 90.1 cm³/mol. The first kappa shape index (κ1) is 17.0. The second-order valence-electron chi connectivity index (χ2n) is 5.08. The number of benzene rings is 2. The quantitative estimate of drug-likeness (QED) is 0.257. The number of rotatable bonds is 5. The molecule has 24 heavy (non-hydrogen) atoms. The van der Waals surface area contributed by atoms with E-state index in [1.165, 1.54) is 13.0 Å². The molecule has 0 atom stereocenters. The largest absolute Gasteiger partial charge is 0.478 e. The Morgan fingerprint density at radius 1 is 1.04 bits per heavy atom. The summed E-state index contributed by atoms with van der Waals surface area (Å²) in [6.07, 6.45) is 1.51. The van der Waals surface area contributed by atoms with Gasteiger partial charge in [-0.25, -0.2) is 9.59 Å². The molecule has 0 aliphatic heterocycles. The van der Waals surface area contributed by atoms with Gasteiger partial charge in [-0.3, -0.25) is 5.41 Å². The van der Waals surface area contributed by atoms with Gasteiger partial charge in [0.05, 0.1) is 5.56 Å². The molecule has 4 N–H and O–H groups in total. The number of hydrogen-bond donors (Lipinski definition) is 3. The van der Waals surface area contributed by atoms with Crippen LogP contribution in [0.5, 0.6) is 5.75 Å². The second-order valence-corrected chi connectivity index (χ2v) is 5.08. The normalized spacial score (nSPS) is 11.0. The van der Waals surface area contributed by atoms with E-state index in [4.69, 9.17) is 21.0 Å². The van der Waals surface area contributed by atoms with E-state index >= 15 is 0 Å². The zero-order chi connectivity index (χ0) is 17.7. The minimum Gasteiger partial charge on any atom is -0.478 e. The van der Waals surface area contributed by atoms with Crippen molar-refractivity contribution in [1.82, 2.24) is 0 Å². The van der Waals surface area contributed by atoms with Gasteiger partial charge >= 0.3 is 11.9 Å². The molecule has 0 aliphatic carbocycles. The van der Waals surface area contributed by atoms with Crippen LogP contribution in [0.25, 0.3) is 6.08 Å². The van der Waals surface area contributed by atoms with Gasteiger partial charge in [0.25, 0.3) is 0 Å². The van der Waals surface area contributed by atoms with E-state index in [0.717, 1.165) is 0 Å². The Bertz CT molecular complexity index is 806. The average Bonchev–Trinajstić information content (AvgIpc) is 2.55. The van der Waals surface area contributed by atoms with Crippen LogP contribution in [0, 0.1) is 5.41 Å². The lowest BCUT2D eigenvalue weighted by atomic mass is 10.1. The number of nitrogens with one attached hydrogen (secondary N) is 1. The van der Waals surface area contributed by atoms with Crippen molar-refractivity contribution in [2.24, 2.45) is 5.73 Å². The van der Waals surface area contributed by atoms with Crippen molar-refractivity contribution in [3.63, 3.8) is 0 Å². The number of amidine groups is 1. The fraction of sp³-hybridized carbons (Fsp3) is 0.0556. The minimum absolute atomic E-state index is 0.0619. The van der Waals surface area contributed by atoms with Crippen LogP contribution in [0.15, 0.2) is 54.1 Å². The first-order valence-electron chi connectivity index (χ1n) is 7.05. The van der Waals surface area contributed by atoms with Gasteiger partial charge < -0.3 is 15.6 Å². The predicted octanol–water partition coefficient (Wildman–Crippen LogP) is 2.68. The highest BCUT2D eigenvalue weighted by Crippen LogP contribution is 2.15. The number of aliphatic carboxylic acids is 1. The van der Waals surface area contributed by atoms with Crippen LogP contribution < -0.4 is 10.5 Å². The van der Waals surface area contributed by atoms with E-state index in [0.29, 0.717) is 22.4 Å². The van der Waals surface area contributed by atoms with Crippen LogP contribution in [0.1, 0.15) is 28.4 Å². The zero-order valence-corrected chi connectivity index (χ0v) is 12.9. The molecule has 0 aliphatic rings.